The van der Waals surface area contributed by atoms with Gasteiger partial charge < -0.3 is 13.6 Å². The van der Waals surface area contributed by atoms with Gasteiger partial charge in [0.25, 0.3) is 0 Å². The Morgan fingerprint density at radius 3 is 2.17 bits per heavy atom. The van der Waals surface area contributed by atoms with Crippen LogP contribution in [0.5, 0.6) is 0 Å². The fourth-order valence-corrected chi connectivity index (χ4v) is 3.28. The van der Waals surface area contributed by atoms with Crippen LogP contribution in [-0.2, 0) is 18.4 Å². The van der Waals surface area contributed by atoms with Crippen LogP contribution < -0.4 is 0 Å². The highest BCUT2D eigenvalue weighted by Crippen LogP contribution is 2.21. The van der Waals surface area contributed by atoms with Crippen molar-refractivity contribution in [2.24, 2.45) is 0 Å². The van der Waals surface area contributed by atoms with Gasteiger partial charge in [-0.3, -0.25) is 0 Å². The zero-order valence-corrected chi connectivity index (χ0v) is 13.0. The Hall–Kier alpha value is -0.653. The van der Waals surface area contributed by atoms with Crippen molar-refractivity contribution in [1.82, 2.24) is 0 Å². The molecule has 1 unspecified atom stereocenters. The summed E-state index contributed by atoms with van der Waals surface area (Å²) in [6.07, 6.45) is 1.75. The van der Waals surface area contributed by atoms with Gasteiger partial charge in [0.05, 0.1) is 6.61 Å². The molecule has 0 aliphatic heterocycles. The van der Waals surface area contributed by atoms with Crippen molar-refractivity contribution in [1.29, 1.82) is 0 Å². The van der Waals surface area contributed by atoms with Crippen molar-refractivity contribution in [3.8, 4) is 0 Å². The van der Waals surface area contributed by atoms with Crippen LogP contribution in [0.1, 0.15) is 40.5 Å². The Morgan fingerprint density at radius 1 is 1.22 bits per heavy atom. The van der Waals surface area contributed by atoms with E-state index in [0.29, 0.717) is 30.9 Å². The summed E-state index contributed by atoms with van der Waals surface area (Å²) >= 11 is 0. The lowest BCUT2D eigenvalue weighted by molar-refractivity contribution is -0.139. The van der Waals surface area contributed by atoms with E-state index in [2.05, 4.69) is 13.5 Å². The number of esters is 1. The van der Waals surface area contributed by atoms with Gasteiger partial charge in [0.15, 0.2) is 0 Å². The smallest absolute Gasteiger partial charge is 0.388 e. The number of carbonyl (C=O) groups excluding carboxylic acids is 1. The molecule has 1 radical (unpaired) electrons. The molecule has 0 aromatic rings. The maximum absolute atomic E-state index is 11.3. The quantitative estimate of drug-likeness (QED) is 0.349. The van der Waals surface area contributed by atoms with Gasteiger partial charge in [-0.2, -0.15) is 0 Å². The zero-order valence-electron chi connectivity index (χ0n) is 12.0. The van der Waals surface area contributed by atoms with Crippen LogP contribution in [0, 0.1) is 0 Å². The van der Waals surface area contributed by atoms with Crippen molar-refractivity contribution in [2.45, 2.75) is 46.1 Å². The number of hydrogen-bond acceptors (Lipinski definition) is 4. The summed E-state index contributed by atoms with van der Waals surface area (Å²) in [4.78, 5) is 11.3. The molecular formula is C13H25O4Si. The zero-order chi connectivity index (χ0) is 14.0. The highest BCUT2D eigenvalue weighted by atomic mass is 28.3. The van der Waals surface area contributed by atoms with Gasteiger partial charge in [0, 0.05) is 24.3 Å². The summed E-state index contributed by atoms with van der Waals surface area (Å²) in [6.45, 7) is 13.0. The largest absolute Gasteiger partial charge is 0.462 e. The third-order valence-electron chi connectivity index (χ3n) is 2.45. The van der Waals surface area contributed by atoms with E-state index in [4.69, 9.17) is 13.6 Å². The molecule has 0 saturated carbocycles. The van der Waals surface area contributed by atoms with Crippen LogP contribution in [0.4, 0.5) is 0 Å². The Balaban J connectivity index is 4.14. The Kier molecular flexibility index (Phi) is 9.91. The number of hydrogen-bond donors (Lipinski definition) is 0. The van der Waals surface area contributed by atoms with E-state index in [9.17, 15) is 4.79 Å². The van der Waals surface area contributed by atoms with Crippen LogP contribution in [-0.4, -0.2) is 35.1 Å². The molecule has 0 amide bonds. The predicted octanol–water partition coefficient (Wildman–Crippen LogP) is 2.84. The minimum absolute atomic E-state index is 0.327. The van der Waals surface area contributed by atoms with Crippen LogP contribution in [0.3, 0.4) is 0 Å². The summed E-state index contributed by atoms with van der Waals surface area (Å²) in [7, 11) is -1.27. The molecule has 0 spiro atoms. The highest BCUT2D eigenvalue weighted by molar-refractivity contribution is 6.46. The first-order valence-corrected chi connectivity index (χ1v) is 7.91. The van der Waals surface area contributed by atoms with Gasteiger partial charge in [0.1, 0.15) is 0 Å². The Bertz CT molecular complexity index is 249. The molecule has 5 heteroatoms. The van der Waals surface area contributed by atoms with E-state index in [1.807, 2.05) is 13.8 Å². The van der Waals surface area contributed by atoms with Crippen molar-refractivity contribution in [2.75, 3.05) is 19.8 Å². The number of rotatable bonds is 10. The molecule has 0 saturated heterocycles. The molecule has 0 N–H and O–H groups in total. The van der Waals surface area contributed by atoms with Gasteiger partial charge in [-0.25, -0.2) is 4.79 Å². The van der Waals surface area contributed by atoms with Crippen molar-refractivity contribution in [3.63, 3.8) is 0 Å². The Morgan fingerprint density at radius 2 is 1.78 bits per heavy atom. The summed E-state index contributed by atoms with van der Waals surface area (Å²) in [5.41, 5.74) is 0.774. The molecule has 0 heterocycles. The lowest BCUT2D eigenvalue weighted by Crippen LogP contribution is -2.30. The normalized spacial score (nSPS) is 12.5. The third kappa shape index (κ3) is 6.93. The monoisotopic (exact) mass is 273 g/mol. The van der Waals surface area contributed by atoms with Crippen LogP contribution >= 0.6 is 0 Å². The summed E-state index contributed by atoms with van der Waals surface area (Å²) in [5, 5.41) is 0. The van der Waals surface area contributed by atoms with Crippen molar-refractivity contribution in [3.05, 3.63) is 12.2 Å². The summed E-state index contributed by atoms with van der Waals surface area (Å²) in [5.74, 6) is -0.327. The topological polar surface area (TPSA) is 44.8 Å². The molecule has 0 rings (SSSR count). The first kappa shape index (κ1) is 17.3. The fourth-order valence-electron chi connectivity index (χ4n) is 1.47. The van der Waals surface area contributed by atoms with Crippen molar-refractivity contribution < 1.29 is 18.4 Å². The van der Waals surface area contributed by atoms with E-state index in [1.165, 1.54) is 0 Å². The molecule has 105 valence electrons. The molecule has 18 heavy (non-hydrogen) atoms. The van der Waals surface area contributed by atoms with E-state index in [0.717, 1.165) is 12.8 Å². The van der Waals surface area contributed by atoms with Crippen molar-refractivity contribution >= 4 is 15.3 Å². The lowest BCUT2D eigenvalue weighted by Gasteiger charge is -2.22. The van der Waals surface area contributed by atoms with E-state index in [1.54, 1.807) is 6.92 Å². The standard InChI is InChI=1S/C13H25O4Si/c1-6-12(18(16-7-2)17-8-3)9-10-15-13(14)11(4)5/h12H,4,6-10H2,1-3,5H3. The minimum atomic E-state index is -1.27. The van der Waals surface area contributed by atoms with Crippen LogP contribution in [0.25, 0.3) is 0 Å². The number of ether oxygens (including phenoxy) is 1. The van der Waals surface area contributed by atoms with Crippen LogP contribution in [0.2, 0.25) is 5.54 Å². The average molecular weight is 273 g/mol. The minimum Gasteiger partial charge on any atom is -0.462 e. The highest BCUT2D eigenvalue weighted by Gasteiger charge is 2.26. The second kappa shape index (κ2) is 10.3. The van der Waals surface area contributed by atoms with Gasteiger partial charge >= 0.3 is 15.3 Å². The van der Waals surface area contributed by atoms with Gasteiger partial charge in [-0.1, -0.05) is 19.9 Å². The molecule has 0 bridgehead atoms. The molecule has 0 fully saturated rings. The maximum atomic E-state index is 11.3. The molecule has 1 atom stereocenters. The van der Waals surface area contributed by atoms with E-state index >= 15 is 0 Å². The second-order valence-electron chi connectivity index (χ2n) is 4.00. The summed E-state index contributed by atoms with van der Waals surface area (Å²) in [6, 6.07) is 0. The van der Waals surface area contributed by atoms with Gasteiger partial charge in [0.2, 0.25) is 0 Å². The van der Waals surface area contributed by atoms with E-state index in [-0.39, 0.29) is 5.97 Å². The first-order chi connectivity index (χ1) is 8.56. The fraction of sp³-hybridized carbons (Fsp3) is 0.769. The second-order valence-corrected chi connectivity index (χ2v) is 6.03. The first-order valence-electron chi connectivity index (χ1n) is 6.51. The summed E-state index contributed by atoms with van der Waals surface area (Å²) < 4.78 is 16.4. The van der Waals surface area contributed by atoms with E-state index < -0.39 is 9.28 Å². The Labute approximate surface area is 112 Å². The molecule has 0 aliphatic carbocycles. The predicted molar refractivity (Wildman–Crippen MR) is 73.4 cm³/mol. The van der Waals surface area contributed by atoms with Gasteiger partial charge in [-0.15, -0.1) is 0 Å². The molecule has 0 aliphatic rings. The molecule has 0 aromatic heterocycles. The van der Waals surface area contributed by atoms with Crippen LogP contribution in [0.15, 0.2) is 12.2 Å². The SMILES string of the molecule is C=C(C)C(=O)OCCC(CC)[Si](OCC)OCC. The number of carbonyl (C=O) groups is 1. The molecular weight excluding hydrogens is 248 g/mol. The third-order valence-corrected chi connectivity index (χ3v) is 4.96. The average Bonchev–Trinajstić information content (AvgIpc) is 2.34. The molecule has 0 aromatic carbocycles. The lowest BCUT2D eigenvalue weighted by atomic mass is 10.2. The maximum Gasteiger partial charge on any atom is 0.388 e. The van der Waals surface area contributed by atoms with Gasteiger partial charge in [-0.05, 0) is 27.2 Å². The molecule has 4 nitrogen and oxygen atoms in total.